The van der Waals surface area contributed by atoms with Crippen LogP contribution in [0.2, 0.25) is 0 Å². The minimum absolute atomic E-state index is 0.0987. The Kier molecular flexibility index (Phi) is 6.28. The van der Waals surface area contributed by atoms with Gasteiger partial charge in [0.2, 0.25) is 0 Å². The van der Waals surface area contributed by atoms with Gasteiger partial charge in [-0.2, -0.15) is 5.10 Å². The molecule has 1 unspecified atom stereocenters. The zero-order valence-electron chi connectivity index (χ0n) is 15.7. The molecule has 2 N–H and O–H groups in total. The molecule has 0 radical (unpaired) electrons. The van der Waals surface area contributed by atoms with Gasteiger partial charge in [0, 0.05) is 50.1 Å². The number of anilines is 1. The highest BCUT2D eigenvalue weighted by Gasteiger charge is 2.22. The molecule has 1 saturated heterocycles. The van der Waals surface area contributed by atoms with Gasteiger partial charge < -0.3 is 10.2 Å². The molecular formula is C20H29N5O. The quantitative estimate of drug-likeness (QED) is 0.800. The van der Waals surface area contributed by atoms with Crippen LogP contribution < -0.4 is 10.2 Å². The number of hydrogen-bond acceptors (Lipinski definition) is 4. The molecule has 1 aliphatic rings. The maximum Gasteiger partial charge on any atom is 0.271 e. The van der Waals surface area contributed by atoms with E-state index in [1.54, 1.807) is 0 Å². The van der Waals surface area contributed by atoms with Crippen LogP contribution in [0.1, 0.15) is 36.5 Å². The number of aryl methyl sites for hydroxylation is 1. The second kappa shape index (κ2) is 8.85. The second-order valence-electron chi connectivity index (χ2n) is 6.95. The van der Waals surface area contributed by atoms with Gasteiger partial charge in [0.05, 0.1) is 0 Å². The summed E-state index contributed by atoms with van der Waals surface area (Å²) < 4.78 is 0. The third-order valence-corrected chi connectivity index (χ3v) is 5.00. The van der Waals surface area contributed by atoms with Crippen LogP contribution in [0.4, 0.5) is 5.69 Å². The van der Waals surface area contributed by atoms with Gasteiger partial charge in [0.1, 0.15) is 5.69 Å². The zero-order chi connectivity index (χ0) is 18.4. The number of benzene rings is 1. The molecule has 1 atom stereocenters. The first-order valence-corrected chi connectivity index (χ1v) is 9.54. The van der Waals surface area contributed by atoms with Gasteiger partial charge in [-0.05, 0) is 31.5 Å². The molecule has 140 valence electrons. The van der Waals surface area contributed by atoms with E-state index in [1.807, 2.05) is 6.07 Å². The third kappa shape index (κ3) is 4.64. The highest BCUT2D eigenvalue weighted by Crippen LogP contribution is 2.16. The molecule has 1 aliphatic heterocycles. The van der Waals surface area contributed by atoms with E-state index in [4.69, 9.17) is 0 Å². The monoisotopic (exact) mass is 355 g/mol. The van der Waals surface area contributed by atoms with Crippen molar-refractivity contribution in [3.63, 3.8) is 0 Å². The summed E-state index contributed by atoms with van der Waals surface area (Å²) in [5, 5.41) is 10.1. The first-order chi connectivity index (χ1) is 12.7. The number of nitrogens with zero attached hydrogens (tertiary/aromatic N) is 3. The van der Waals surface area contributed by atoms with Crippen molar-refractivity contribution < 1.29 is 4.79 Å². The summed E-state index contributed by atoms with van der Waals surface area (Å²) >= 11 is 0. The van der Waals surface area contributed by atoms with Crippen LogP contribution >= 0.6 is 0 Å². The topological polar surface area (TPSA) is 64.3 Å². The number of aromatic nitrogens is 2. The van der Waals surface area contributed by atoms with Gasteiger partial charge in [-0.25, -0.2) is 0 Å². The summed E-state index contributed by atoms with van der Waals surface area (Å²) in [5.74, 6) is -0.0987. The molecule has 0 bridgehead atoms. The molecule has 1 amide bonds. The van der Waals surface area contributed by atoms with E-state index in [9.17, 15) is 4.79 Å². The van der Waals surface area contributed by atoms with E-state index >= 15 is 0 Å². The van der Waals surface area contributed by atoms with Crippen LogP contribution in [0.5, 0.6) is 0 Å². The molecule has 0 aliphatic carbocycles. The first-order valence-electron chi connectivity index (χ1n) is 9.54. The van der Waals surface area contributed by atoms with E-state index in [1.165, 1.54) is 5.69 Å². The number of hydrogen-bond donors (Lipinski definition) is 2. The van der Waals surface area contributed by atoms with E-state index < -0.39 is 0 Å². The number of aromatic amines is 1. The van der Waals surface area contributed by atoms with Crippen molar-refractivity contribution in [2.45, 2.75) is 32.7 Å². The molecule has 3 rings (SSSR count). The van der Waals surface area contributed by atoms with Crippen molar-refractivity contribution in [3.8, 4) is 0 Å². The maximum absolute atomic E-state index is 12.3. The summed E-state index contributed by atoms with van der Waals surface area (Å²) in [5.41, 5.74) is 2.78. The van der Waals surface area contributed by atoms with Gasteiger partial charge in [0.15, 0.2) is 0 Å². The predicted molar refractivity (Wildman–Crippen MR) is 105 cm³/mol. The first kappa shape index (κ1) is 18.5. The number of amides is 1. The SMILES string of the molecule is CCCc1cc(C(=O)NCC(C)N2CCN(c3ccccc3)CC2)n[nH]1. The van der Waals surface area contributed by atoms with Gasteiger partial charge in [-0.3, -0.25) is 14.8 Å². The molecule has 0 saturated carbocycles. The van der Waals surface area contributed by atoms with E-state index in [-0.39, 0.29) is 5.91 Å². The van der Waals surface area contributed by atoms with Crippen LogP contribution in [-0.4, -0.2) is 59.8 Å². The summed E-state index contributed by atoms with van der Waals surface area (Å²) in [6, 6.07) is 12.7. The van der Waals surface area contributed by atoms with Crippen molar-refractivity contribution in [1.82, 2.24) is 20.4 Å². The largest absolute Gasteiger partial charge is 0.369 e. The molecule has 26 heavy (non-hydrogen) atoms. The number of H-pyrrole nitrogens is 1. The molecule has 0 spiro atoms. The summed E-state index contributed by atoms with van der Waals surface area (Å²) in [6.07, 6.45) is 1.96. The lowest BCUT2D eigenvalue weighted by Gasteiger charge is -2.39. The van der Waals surface area contributed by atoms with Crippen molar-refractivity contribution in [2.24, 2.45) is 0 Å². The minimum atomic E-state index is -0.0987. The van der Waals surface area contributed by atoms with Gasteiger partial charge in [0.25, 0.3) is 5.91 Å². The highest BCUT2D eigenvalue weighted by molar-refractivity contribution is 5.92. The van der Waals surface area contributed by atoms with Crippen molar-refractivity contribution in [2.75, 3.05) is 37.6 Å². The Balaban J connectivity index is 1.44. The Morgan fingerprint density at radius 1 is 1.23 bits per heavy atom. The number of nitrogens with one attached hydrogen (secondary N) is 2. The van der Waals surface area contributed by atoms with Crippen LogP contribution in [0.3, 0.4) is 0 Å². The smallest absolute Gasteiger partial charge is 0.271 e. The van der Waals surface area contributed by atoms with Crippen molar-refractivity contribution >= 4 is 11.6 Å². The molecule has 1 aromatic heterocycles. The highest BCUT2D eigenvalue weighted by atomic mass is 16.1. The number of piperazine rings is 1. The number of carbonyl (C=O) groups is 1. The van der Waals surface area contributed by atoms with Crippen LogP contribution in [0, 0.1) is 0 Å². The minimum Gasteiger partial charge on any atom is -0.369 e. The average Bonchev–Trinajstić information content (AvgIpc) is 3.16. The average molecular weight is 355 g/mol. The van der Waals surface area contributed by atoms with E-state index in [0.29, 0.717) is 18.3 Å². The fraction of sp³-hybridized carbons (Fsp3) is 0.500. The molecule has 1 aromatic carbocycles. The Morgan fingerprint density at radius 2 is 1.96 bits per heavy atom. The number of carbonyl (C=O) groups excluding carboxylic acids is 1. The maximum atomic E-state index is 12.3. The zero-order valence-corrected chi connectivity index (χ0v) is 15.7. The van der Waals surface area contributed by atoms with Crippen LogP contribution in [-0.2, 0) is 6.42 Å². The lowest BCUT2D eigenvalue weighted by atomic mass is 10.2. The fourth-order valence-electron chi connectivity index (χ4n) is 3.40. The summed E-state index contributed by atoms with van der Waals surface area (Å²) in [6.45, 7) is 8.97. The lowest BCUT2D eigenvalue weighted by molar-refractivity contribution is 0.0929. The fourth-order valence-corrected chi connectivity index (χ4v) is 3.40. The molecular weight excluding hydrogens is 326 g/mol. The molecule has 6 nitrogen and oxygen atoms in total. The molecule has 1 fully saturated rings. The lowest BCUT2D eigenvalue weighted by Crippen LogP contribution is -2.52. The van der Waals surface area contributed by atoms with Crippen molar-refractivity contribution in [3.05, 3.63) is 47.8 Å². The Hall–Kier alpha value is -2.34. The predicted octanol–water partition coefficient (Wildman–Crippen LogP) is 2.30. The van der Waals surface area contributed by atoms with Crippen LogP contribution in [0.25, 0.3) is 0 Å². The van der Waals surface area contributed by atoms with Gasteiger partial charge >= 0.3 is 0 Å². The standard InChI is InChI=1S/C20H29N5O/c1-3-7-17-14-19(23-22-17)20(26)21-15-16(2)24-10-12-25(13-11-24)18-8-5-4-6-9-18/h4-6,8-9,14,16H,3,7,10-13,15H2,1-2H3,(H,21,26)(H,22,23). The molecule has 2 aromatic rings. The van der Waals surface area contributed by atoms with Crippen molar-refractivity contribution in [1.29, 1.82) is 0 Å². The summed E-state index contributed by atoms with van der Waals surface area (Å²) in [4.78, 5) is 17.1. The van der Waals surface area contributed by atoms with Crippen LogP contribution in [0.15, 0.2) is 36.4 Å². The van der Waals surface area contributed by atoms with Gasteiger partial charge in [-0.1, -0.05) is 31.5 Å². The van der Waals surface area contributed by atoms with E-state index in [0.717, 1.165) is 44.7 Å². The third-order valence-electron chi connectivity index (χ3n) is 5.00. The Labute approximate surface area is 155 Å². The second-order valence-corrected chi connectivity index (χ2v) is 6.95. The Morgan fingerprint density at radius 3 is 2.65 bits per heavy atom. The summed E-state index contributed by atoms with van der Waals surface area (Å²) in [7, 11) is 0. The van der Waals surface area contributed by atoms with Gasteiger partial charge in [-0.15, -0.1) is 0 Å². The van der Waals surface area contributed by atoms with E-state index in [2.05, 4.69) is 69.5 Å². The Bertz CT molecular complexity index is 691. The number of para-hydroxylation sites is 1. The normalized spacial score (nSPS) is 16.5. The number of rotatable bonds is 7. The molecule has 6 heteroatoms. The molecule has 2 heterocycles.